The second-order valence-corrected chi connectivity index (χ2v) is 2.22. The van der Waals surface area contributed by atoms with E-state index in [9.17, 15) is 4.79 Å². The number of hydrogen-bond donors (Lipinski definition) is 1. The Morgan fingerprint density at radius 1 is 1.67 bits per heavy atom. The molecule has 2 atom stereocenters. The largest absolute Gasteiger partial charge is 0.481 e. The van der Waals surface area contributed by atoms with Crippen LogP contribution in [0.5, 0.6) is 0 Å². The van der Waals surface area contributed by atoms with E-state index in [-0.39, 0.29) is 11.8 Å². The zero-order chi connectivity index (χ0) is 7.44. The Labute approximate surface area is 55.2 Å². The first kappa shape index (κ1) is 8.21. The van der Waals surface area contributed by atoms with Gasteiger partial charge in [0.25, 0.3) is 0 Å². The summed E-state index contributed by atoms with van der Waals surface area (Å²) in [6, 6.07) is 0. The Balaban J connectivity index is 3.86. The molecule has 0 aromatic carbocycles. The van der Waals surface area contributed by atoms with Gasteiger partial charge in [0.1, 0.15) is 0 Å². The minimum atomic E-state index is -0.762. The molecule has 0 aliphatic heterocycles. The van der Waals surface area contributed by atoms with Gasteiger partial charge in [-0.05, 0) is 5.92 Å². The minimum absolute atomic E-state index is 0.0579. The molecule has 0 amide bonds. The van der Waals surface area contributed by atoms with Crippen LogP contribution in [0.1, 0.15) is 13.8 Å². The van der Waals surface area contributed by atoms with Crippen LogP contribution in [0.2, 0.25) is 0 Å². The molecular formula is C7H12O2. The van der Waals surface area contributed by atoms with Gasteiger partial charge in [0.2, 0.25) is 0 Å². The predicted octanol–water partition coefficient (Wildman–Crippen LogP) is 1.53. The highest BCUT2D eigenvalue weighted by atomic mass is 16.4. The van der Waals surface area contributed by atoms with Crippen molar-refractivity contribution in [3.05, 3.63) is 12.7 Å². The van der Waals surface area contributed by atoms with Crippen molar-refractivity contribution in [3.8, 4) is 0 Å². The highest BCUT2D eigenvalue weighted by Crippen LogP contribution is 2.10. The standard InChI is InChI=1S/C7H12O2/c1-4-5(2)6(3)7(8)9/h4-6H,1H2,2-3H3,(H,8,9)/t5-,6-/m0/s1. The van der Waals surface area contributed by atoms with E-state index in [1.807, 2.05) is 6.92 Å². The molecule has 2 nitrogen and oxygen atoms in total. The van der Waals surface area contributed by atoms with Crippen LogP contribution in [-0.2, 0) is 4.79 Å². The number of hydrogen-bond acceptors (Lipinski definition) is 1. The maximum Gasteiger partial charge on any atom is 0.306 e. The molecule has 52 valence electrons. The van der Waals surface area contributed by atoms with Crippen molar-refractivity contribution in [2.45, 2.75) is 13.8 Å². The Bertz CT molecular complexity index is 118. The normalized spacial score (nSPS) is 16.2. The lowest BCUT2D eigenvalue weighted by Crippen LogP contribution is -2.15. The van der Waals surface area contributed by atoms with Gasteiger partial charge in [-0.1, -0.05) is 19.9 Å². The van der Waals surface area contributed by atoms with Crippen molar-refractivity contribution < 1.29 is 9.90 Å². The Morgan fingerprint density at radius 2 is 2.11 bits per heavy atom. The third-order valence-corrected chi connectivity index (χ3v) is 1.55. The lowest BCUT2D eigenvalue weighted by Gasteiger charge is -2.09. The summed E-state index contributed by atoms with van der Waals surface area (Å²) in [7, 11) is 0. The van der Waals surface area contributed by atoms with Gasteiger partial charge in [0, 0.05) is 0 Å². The van der Waals surface area contributed by atoms with Gasteiger partial charge in [0.05, 0.1) is 5.92 Å². The summed E-state index contributed by atoms with van der Waals surface area (Å²) in [5.74, 6) is -1.02. The van der Waals surface area contributed by atoms with E-state index >= 15 is 0 Å². The minimum Gasteiger partial charge on any atom is -0.481 e. The number of carbonyl (C=O) groups is 1. The summed E-state index contributed by atoms with van der Waals surface area (Å²) >= 11 is 0. The number of allylic oxidation sites excluding steroid dienone is 1. The Morgan fingerprint density at radius 3 is 2.22 bits per heavy atom. The first-order chi connectivity index (χ1) is 4.09. The van der Waals surface area contributed by atoms with Gasteiger partial charge in [0.15, 0.2) is 0 Å². The Hall–Kier alpha value is -0.790. The molecule has 9 heavy (non-hydrogen) atoms. The summed E-state index contributed by atoms with van der Waals surface area (Å²) < 4.78 is 0. The quantitative estimate of drug-likeness (QED) is 0.585. The van der Waals surface area contributed by atoms with E-state index in [1.165, 1.54) is 0 Å². The predicted molar refractivity (Wildman–Crippen MR) is 36.2 cm³/mol. The molecule has 0 saturated heterocycles. The molecule has 0 aromatic heterocycles. The lowest BCUT2D eigenvalue weighted by atomic mass is 9.97. The van der Waals surface area contributed by atoms with Crippen LogP contribution < -0.4 is 0 Å². The summed E-state index contributed by atoms with van der Waals surface area (Å²) in [4.78, 5) is 10.3. The number of carboxylic acids is 1. The van der Waals surface area contributed by atoms with Crippen molar-refractivity contribution in [2.75, 3.05) is 0 Å². The first-order valence-electron chi connectivity index (χ1n) is 2.95. The zero-order valence-corrected chi connectivity index (χ0v) is 5.79. The Kier molecular flexibility index (Phi) is 2.99. The smallest absolute Gasteiger partial charge is 0.306 e. The van der Waals surface area contributed by atoms with Crippen LogP contribution in [0, 0.1) is 11.8 Å². The molecule has 0 rings (SSSR count). The van der Waals surface area contributed by atoms with Gasteiger partial charge in [-0.15, -0.1) is 6.58 Å². The fourth-order valence-corrected chi connectivity index (χ4v) is 0.429. The molecular weight excluding hydrogens is 116 g/mol. The van der Waals surface area contributed by atoms with Crippen molar-refractivity contribution >= 4 is 5.97 Å². The van der Waals surface area contributed by atoms with E-state index in [1.54, 1.807) is 13.0 Å². The number of carboxylic acid groups (broad SMARTS) is 1. The van der Waals surface area contributed by atoms with Crippen molar-refractivity contribution in [3.63, 3.8) is 0 Å². The average Bonchev–Trinajstić information content (AvgIpc) is 1.84. The second-order valence-electron chi connectivity index (χ2n) is 2.22. The molecule has 0 saturated carbocycles. The van der Waals surface area contributed by atoms with Crippen LogP contribution in [0.15, 0.2) is 12.7 Å². The van der Waals surface area contributed by atoms with Gasteiger partial charge in [-0.25, -0.2) is 0 Å². The molecule has 0 heterocycles. The molecule has 0 fully saturated rings. The lowest BCUT2D eigenvalue weighted by molar-refractivity contribution is -0.142. The third-order valence-electron chi connectivity index (χ3n) is 1.55. The highest BCUT2D eigenvalue weighted by molar-refractivity contribution is 5.70. The molecule has 0 bridgehead atoms. The molecule has 0 radical (unpaired) electrons. The molecule has 0 aliphatic carbocycles. The van der Waals surface area contributed by atoms with Crippen molar-refractivity contribution in [1.82, 2.24) is 0 Å². The van der Waals surface area contributed by atoms with Crippen molar-refractivity contribution in [1.29, 1.82) is 0 Å². The fraction of sp³-hybridized carbons (Fsp3) is 0.571. The van der Waals surface area contributed by atoms with Gasteiger partial charge >= 0.3 is 5.97 Å². The second kappa shape index (κ2) is 3.28. The fourth-order valence-electron chi connectivity index (χ4n) is 0.429. The van der Waals surface area contributed by atoms with Crippen LogP contribution in [0.25, 0.3) is 0 Å². The average molecular weight is 128 g/mol. The summed E-state index contributed by atoms with van der Waals surface area (Å²) in [5.41, 5.74) is 0. The van der Waals surface area contributed by atoms with E-state index in [0.29, 0.717) is 0 Å². The van der Waals surface area contributed by atoms with Crippen LogP contribution in [0.3, 0.4) is 0 Å². The molecule has 1 N–H and O–H groups in total. The monoisotopic (exact) mass is 128 g/mol. The van der Waals surface area contributed by atoms with Crippen LogP contribution >= 0.6 is 0 Å². The van der Waals surface area contributed by atoms with E-state index in [4.69, 9.17) is 5.11 Å². The molecule has 0 aliphatic rings. The first-order valence-corrected chi connectivity index (χ1v) is 2.95. The van der Waals surface area contributed by atoms with Gasteiger partial charge in [-0.2, -0.15) is 0 Å². The summed E-state index contributed by atoms with van der Waals surface area (Å²) in [5, 5.41) is 8.44. The van der Waals surface area contributed by atoms with Crippen molar-refractivity contribution in [2.24, 2.45) is 11.8 Å². The van der Waals surface area contributed by atoms with E-state index in [2.05, 4.69) is 6.58 Å². The van der Waals surface area contributed by atoms with Gasteiger partial charge in [-0.3, -0.25) is 4.79 Å². The topological polar surface area (TPSA) is 37.3 Å². The third kappa shape index (κ3) is 2.31. The maximum atomic E-state index is 10.3. The summed E-state index contributed by atoms with van der Waals surface area (Å²) in [6.45, 7) is 7.02. The van der Waals surface area contributed by atoms with E-state index < -0.39 is 5.97 Å². The SMILES string of the molecule is C=C[C@H](C)[C@H](C)C(=O)O. The number of aliphatic carboxylic acids is 1. The number of rotatable bonds is 3. The molecule has 0 spiro atoms. The molecule has 0 aromatic rings. The van der Waals surface area contributed by atoms with Crippen LogP contribution in [0.4, 0.5) is 0 Å². The molecule has 2 heteroatoms. The zero-order valence-electron chi connectivity index (χ0n) is 5.79. The van der Waals surface area contributed by atoms with E-state index in [0.717, 1.165) is 0 Å². The highest BCUT2D eigenvalue weighted by Gasteiger charge is 2.15. The maximum absolute atomic E-state index is 10.3. The van der Waals surface area contributed by atoms with Crippen LogP contribution in [-0.4, -0.2) is 11.1 Å². The summed E-state index contributed by atoms with van der Waals surface area (Å²) in [6.07, 6.45) is 1.65. The van der Waals surface area contributed by atoms with Gasteiger partial charge < -0.3 is 5.11 Å². The molecule has 0 unspecified atom stereocenters.